The van der Waals surface area contributed by atoms with E-state index in [0.717, 1.165) is 5.56 Å². The molecule has 0 saturated carbocycles. The molecule has 2 N–H and O–H groups in total. The van der Waals surface area contributed by atoms with E-state index in [1.54, 1.807) is 24.3 Å². The molecular weight excluding hydrogens is 578 g/mol. The number of halogens is 1. The third-order valence-electron chi connectivity index (χ3n) is 6.83. The maximum absolute atomic E-state index is 14.3. The number of Topliss-reactive ketones (excluding diaryl/α,β-unsaturated/α-hetero) is 1. The normalized spacial score (nSPS) is 18.7. The fourth-order valence-electron chi connectivity index (χ4n) is 5.02. The number of carboxylic acids is 1. The molecule has 0 aliphatic carbocycles. The van der Waals surface area contributed by atoms with Crippen molar-refractivity contribution in [2.24, 2.45) is 4.99 Å². The van der Waals surface area contributed by atoms with Crippen LogP contribution in [0.4, 0.5) is 4.79 Å². The molecular formula is C30H30ClN5O7. The largest absolute Gasteiger partial charge is 0.487 e. The Morgan fingerprint density at radius 2 is 1.88 bits per heavy atom. The number of carboxylic acid groups (broad SMARTS) is 1. The van der Waals surface area contributed by atoms with Crippen LogP contribution in [-0.2, 0) is 9.59 Å². The third-order valence-corrected chi connectivity index (χ3v) is 7.08. The molecule has 3 aromatic rings. The predicted molar refractivity (Wildman–Crippen MR) is 155 cm³/mol. The molecule has 0 spiro atoms. The summed E-state index contributed by atoms with van der Waals surface area (Å²) < 4.78 is 11.4. The average molecular weight is 608 g/mol. The zero-order valence-electron chi connectivity index (χ0n) is 23.7. The Labute approximate surface area is 252 Å². The molecule has 5 rings (SSSR count). The first kappa shape index (κ1) is 29.8. The van der Waals surface area contributed by atoms with Gasteiger partial charge < -0.3 is 24.6 Å². The van der Waals surface area contributed by atoms with E-state index >= 15 is 0 Å². The first-order valence-electron chi connectivity index (χ1n) is 13.6. The summed E-state index contributed by atoms with van der Waals surface area (Å²) >= 11 is 6.17. The van der Waals surface area contributed by atoms with Gasteiger partial charge in [-0.1, -0.05) is 35.0 Å². The molecule has 2 aliphatic heterocycles. The molecule has 1 fully saturated rings. The number of aliphatic imine (C=N–C) groups is 1. The summed E-state index contributed by atoms with van der Waals surface area (Å²) in [5, 5.41) is 16.6. The number of rotatable bonds is 7. The first-order chi connectivity index (χ1) is 20.4. The Bertz CT molecular complexity index is 1580. The summed E-state index contributed by atoms with van der Waals surface area (Å²) in [7, 11) is 0. The number of amides is 3. The molecule has 2 unspecified atom stereocenters. The molecule has 2 aromatic carbocycles. The van der Waals surface area contributed by atoms with E-state index in [4.69, 9.17) is 25.9 Å². The number of urea groups is 1. The van der Waals surface area contributed by atoms with Gasteiger partial charge in [-0.05, 0) is 50.6 Å². The van der Waals surface area contributed by atoms with Gasteiger partial charge in [-0.25, -0.2) is 4.79 Å². The van der Waals surface area contributed by atoms with Crippen molar-refractivity contribution in [1.82, 2.24) is 20.3 Å². The Kier molecular flexibility index (Phi) is 8.23. The number of benzene rings is 2. The number of aromatic nitrogens is 1. The minimum absolute atomic E-state index is 0.136. The molecule has 224 valence electrons. The van der Waals surface area contributed by atoms with E-state index < -0.39 is 41.9 Å². The monoisotopic (exact) mass is 607 g/mol. The SMILES string of the molecule is CC(C)(C)Oc1cc(C(=O)CC(=O)O)ccc1C1=NC(c2ccc(Cl)cc2)C(c2ccon2)N1C(=O)N1CCNC(=O)C1. The van der Waals surface area contributed by atoms with Crippen molar-refractivity contribution in [3.05, 3.63) is 82.2 Å². The van der Waals surface area contributed by atoms with Crippen molar-refractivity contribution in [2.75, 3.05) is 19.6 Å². The maximum atomic E-state index is 14.3. The summed E-state index contributed by atoms with van der Waals surface area (Å²) in [5.74, 6) is -1.69. The number of piperazine rings is 1. The van der Waals surface area contributed by atoms with E-state index in [1.807, 2.05) is 32.9 Å². The van der Waals surface area contributed by atoms with Gasteiger partial charge in [-0.15, -0.1) is 0 Å². The first-order valence-corrected chi connectivity index (χ1v) is 14.0. The highest BCUT2D eigenvalue weighted by Crippen LogP contribution is 2.45. The molecule has 2 aliphatic rings. The second-order valence-electron chi connectivity index (χ2n) is 11.2. The van der Waals surface area contributed by atoms with Crippen LogP contribution >= 0.6 is 11.6 Å². The lowest BCUT2D eigenvalue weighted by atomic mass is 9.97. The summed E-state index contributed by atoms with van der Waals surface area (Å²) in [6.45, 7) is 5.89. The van der Waals surface area contributed by atoms with Gasteiger partial charge in [0, 0.05) is 29.7 Å². The Hall–Kier alpha value is -4.71. The fraction of sp³-hybridized carbons (Fsp3) is 0.333. The molecule has 2 atom stereocenters. The number of ketones is 1. The molecule has 12 nitrogen and oxygen atoms in total. The number of hydrogen-bond donors (Lipinski definition) is 2. The van der Waals surface area contributed by atoms with Gasteiger partial charge in [-0.3, -0.25) is 24.3 Å². The van der Waals surface area contributed by atoms with Crippen molar-refractivity contribution < 1.29 is 33.5 Å². The van der Waals surface area contributed by atoms with E-state index in [-0.39, 0.29) is 36.1 Å². The Balaban J connectivity index is 1.69. The van der Waals surface area contributed by atoms with Crippen molar-refractivity contribution in [1.29, 1.82) is 0 Å². The molecule has 43 heavy (non-hydrogen) atoms. The summed E-state index contributed by atoms with van der Waals surface area (Å²) in [4.78, 5) is 58.4. The lowest BCUT2D eigenvalue weighted by molar-refractivity contribution is -0.136. The summed E-state index contributed by atoms with van der Waals surface area (Å²) in [6.07, 6.45) is 0.712. The average Bonchev–Trinajstić information content (AvgIpc) is 3.60. The number of aliphatic carboxylic acids is 1. The Morgan fingerprint density at radius 1 is 1.14 bits per heavy atom. The van der Waals surface area contributed by atoms with Crippen molar-refractivity contribution in [2.45, 2.75) is 44.9 Å². The number of nitrogens with one attached hydrogen (secondary N) is 1. The van der Waals surface area contributed by atoms with Gasteiger partial charge in [0.1, 0.15) is 54.2 Å². The van der Waals surface area contributed by atoms with Crippen LogP contribution in [0, 0.1) is 0 Å². The maximum Gasteiger partial charge on any atom is 0.326 e. The van der Waals surface area contributed by atoms with Crippen LogP contribution < -0.4 is 10.1 Å². The van der Waals surface area contributed by atoms with Crippen LogP contribution in [0.5, 0.6) is 5.75 Å². The van der Waals surface area contributed by atoms with Crippen molar-refractivity contribution >= 4 is 41.1 Å². The highest BCUT2D eigenvalue weighted by atomic mass is 35.5. The summed E-state index contributed by atoms with van der Waals surface area (Å²) in [6, 6.07) is 11.3. The second-order valence-corrected chi connectivity index (χ2v) is 11.6. The van der Waals surface area contributed by atoms with E-state index in [0.29, 0.717) is 22.8 Å². The predicted octanol–water partition coefficient (Wildman–Crippen LogP) is 4.26. The molecule has 3 heterocycles. The minimum atomic E-state index is -1.25. The third kappa shape index (κ3) is 6.54. The number of nitrogens with zero attached hydrogens (tertiary/aromatic N) is 4. The smallest absolute Gasteiger partial charge is 0.326 e. The van der Waals surface area contributed by atoms with Crippen molar-refractivity contribution in [3.63, 3.8) is 0 Å². The molecule has 1 saturated heterocycles. The van der Waals surface area contributed by atoms with E-state index in [1.165, 1.54) is 28.2 Å². The Morgan fingerprint density at radius 3 is 2.51 bits per heavy atom. The second kappa shape index (κ2) is 11.9. The van der Waals surface area contributed by atoms with Gasteiger partial charge in [0.05, 0.1) is 5.56 Å². The molecule has 0 bridgehead atoms. The van der Waals surface area contributed by atoms with E-state index in [9.17, 15) is 24.3 Å². The molecule has 3 amide bonds. The van der Waals surface area contributed by atoms with Gasteiger partial charge in [0.25, 0.3) is 0 Å². The van der Waals surface area contributed by atoms with Crippen LogP contribution in [-0.4, -0.2) is 74.8 Å². The fourth-order valence-corrected chi connectivity index (χ4v) is 5.15. The molecule has 13 heteroatoms. The number of hydrogen-bond acceptors (Lipinski definition) is 8. The number of carbonyl (C=O) groups excluding carboxylic acids is 3. The van der Waals surface area contributed by atoms with E-state index in [2.05, 4.69) is 10.5 Å². The molecule has 1 aromatic heterocycles. The molecule has 0 radical (unpaired) electrons. The highest BCUT2D eigenvalue weighted by Gasteiger charge is 2.46. The highest BCUT2D eigenvalue weighted by molar-refractivity contribution is 6.30. The van der Waals surface area contributed by atoms with Gasteiger partial charge in [0.2, 0.25) is 5.91 Å². The lowest BCUT2D eigenvalue weighted by Crippen LogP contribution is -2.55. The van der Waals surface area contributed by atoms with Crippen LogP contribution in [0.25, 0.3) is 0 Å². The number of carbonyl (C=O) groups is 4. The van der Waals surface area contributed by atoms with Crippen molar-refractivity contribution in [3.8, 4) is 5.75 Å². The van der Waals surface area contributed by atoms with Gasteiger partial charge in [0.15, 0.2) is 5.78 Å². The number of ether oxygens (including phenoxy) is 1. The lowest BCUT2D eigenvalue weighted by Gasteiger charge is -2.35. The zero-order chi connectivity index (χ0) is 30.9. The summed E-state index contributed by atoms with van der Waals surface area (Å²) in [5.41, 5.74) is 0.968. The van der Waals surface area contributed by atoms with Crippen LogP contribution in [0.3, 0.4) is 0 Å². The topological polar surface area (TPSA) is 155 Å². The van der Waals surface area contributed by atoms with Crippen LogP contribution in [0.1, 0.15) is 66.5 Å². The van der Waals surface area contributed by atoms with Gasteiger partial charge in [-0.2, -0.15) is 0 Å². The zero-order valence-corrected chi connectivity index (χ0v) is 24.5. The van der Waals surface area contributed by atoms with Gasteiger partial charge >= 0.3 is 12.0 Å². The quantitative estimate of drug-likeness (QED) is 0.298. The standard InChI is InChI=1S/C30H30ClN5O7/c1-30(2,3)43-23-14-18(22(37)15-25(39)40)6-9-20(23)28-33-26(17-4-7-19(31)8-5-17)27(21-10-13-42-34-21)36(28)29(41)35-12-11-32-24(38)16-35/h4-10,13-14,26-27H,11-12,15-16H2,1-3H3,(H,32,38)(H,39,40). The van der Waals surface area contributed by atoms with Crippen LogP contribution in [0.2, 0.25) is 5.02 Å². The minimum Gasteiger partial charge on any atom is -0.487 e. The van der Waals surface area contributed by atoms with Crippen LogP contribution in [0.15, 0.2) is 64.3 Å². The number of amidine groups is 1.